The van der Waals surface area contributed by atoms with Gasteiger partial charge >= 0.3 is 0 Å². The number of aromatic nitrogens is 2. The maximum Gasteiger partial charge on any atom is 0.241 e. The van der Waals surface area contributed by atoms with Gasteiger partial charge in [0.2, 0.25) is 17.6 Å². The fourth-order valence-corrected chi connectivity index (χ4v) is 3.08. The number of nitrogens with zero attached hydrogens (tertiary/aromatic N) is 4. The van der Waals surface area contributed by atoms with Gasteiger partial charge in [0, 0.05) is 42.8 Å². The van der Waals surface area contributed by atoms with Crippen molar-refractivity contribution in [3.63, 3.8) is 0 Å². The minimum absolute atomic E-state index is 0.0994. The Labute approximate surface area is 164 Å². The second-order valence-electron chi connectivity index (χ2n) is 6.95. The van der Waals surface area contributed by atoms with E-state index in [-0.39, 0.29) is 11.9 Å². The minimum atomic E-state index is 0.0994. The molecule has 1 saturated heterocycles. The quantitative estimate of drug-likeness (QED) is 0.781. The van der Waals surface area contributed by atoms with Crippen molar-refractivity contribution in [3.8, 4) is 11.4 Å². The summed E-state index contributed by atoms with van der Waals surface area (Å²) < 4.78 is 5.39. The first-order chi connectivity index (χ1) is 13.0. The van der Waals surface area contributed by atoms with E-state index < -0.39 is 0 Å². The van der Waals surface area contributed by atoms with E-state index in [4.69, 9.17) is 16.1 Å². The molecule has 1 N–H and O–H groups in total. The van der Waals surface area contributed by atoms with E-state index in [1.54, 1.807) is 0 Å². The van der Waals surface area contributed by atoms with Crippen LogP contribution >= 0.6 is 11.6 Å². The Morgan fingerprint density at radius 2 is 1.89 bits per heavy atom. The van der Waals surface area contributed by atoms with Crippen LogP contribution in [0.5, 0.6) is 0 Å². The molecule has 1 fully saturated rings. The van der Waals surface area contributed by atoms with Crippen molar-refractivity contribution < 1.29 is 9.32 Å². The summed E-state index contributed by atoms with van der Waals surface area (Å²) in [6.07, 6.45) is 0.946. The normalized spacial score (nSPS) is 17.0. The van der Waals surface area contributed by atoms with Crippen LogP contribution in [0.2, 0.25) is 5.02 Å². The van der Waals surface area contributed by atoms with E-state index >= 15 is 0 Å². The molecule has 0 spiro atoms. The zero-order valence-electron chi connectivity index (χ0n) is 15.8. The first-order valence-electron chi connectivity index (χ1n) is 9.36. The van der Waals surface area contributed by atoms with E-state index in [0.717, 1.165) is 38.2 Å². The van der Waals surface area contributed by atoms with Gasteiger partial charge in [0.25, 0.3) is 0 Å². The number of benzene rings is 1. The highest BCUT2D eigenvalue weighted by molar-refractivity contribution is 6.30. The smallest absolute Gasteiger partial charge is 0.241 e. The Kier molecular flexibility index (Phi) is 6.82. The Morgan fingerprint density at radius 1 is 1.22 bits per heavy atom. The van der Waals surface area contributed by atoms with Crippen LogP contribution in [-0.2, 0) is 11.3 Å². The molecule has 1 unspecified atom stereocenters. The number of amides is 1. The number of halogens is 1. The topological polar surface area (TPSA) is 74.5 Å². The van der Waals surface area contributed by atoms with Gasteiger partial charge in [-0.05, 0) is 37.6 Å². The highest BCUT2D eigenvalue weighted by Gasteiger charge is 2.21. The number of carbonyl (C=O) groups excluding carboxylic acids is 1. The number of hydrogen-bond donors (Lipinski definition) is 1. The number of carbonyl (C=O) groups is 1. The lowest BCUT2D eigenvalue weighted by atomic mass is 10.2. The molecule has 1 aromatic carbocycles. The lowest BCUT2D eigenvalue weighted by molar-refractivity contribution is -0.123. The van der Waals surface area contributed by atoms with Crippen molar-refractivity contribution in [2.24, 2.45) is 0 Å². The van der Waals surface area contributed by atoms with E-state index in [0.29, 0.717) is 29.8 Å². The van der Waals surface area contributed by atoms with E-state index in [1.807, 2.05) is 31.2 Å². The highest BCUT2D eigenvalue weighted by Crippen LogP contribution is 2.19. The first-order valence-corrected chi connectivity index (χ1v) is 9.74. The van der Waals surface area contributed by atoms with Gasteiger partial charge in [-0.3, -0.25) is 14.6 Å². The number of rotatable bonds is 7. The fraction of sp³-hybridized carbons (Fsp3) is 0.526. The summed E-state index contributed by atoms with van der Waals surface area (Å²) in [5.41, 5.74) is 0.881. The minimum Gasteiger partial charge on any atom is -0.353 e. The summed E-state index contributed by atoms with van der Waals surface area (Å²) in [6, 6.07) is 7.60. The third-order valence-corrected chi connectivity index (χ3v) is 5.03. The molecule has 27 heavy (non-hydrogen) atoms. The predicted octanol–water partition coefficient (Wildman–Crippen LogP) is 2.42. The molecule has 2 aromatic rings. The molecular weight excluding hydrogens is 366 g/mol. The van der Waals surface area contributed by atoms with Crippen LogP contribution in [0.15, 0.2) is 28.8 Å². The largest absolute Gasteiger partial charge is 0.353 e. The van der Waals surface area contributed by atoms with Crippen LogP contribution in [0, 0.1) is 0 Å². The van der Waals surface area contributed by atoms with Crippen LogP contribution in [0.1, 0.15) is 26.2 Å². The molecule has 1 atom stereocenters. The lowest BCUT2D eigenvalue weighted by Gasteiger charge is -2.33. The summed E-state index contributed by atoms with van der Waals surface area (Å²) in [5.74, 6) is 1.27. The van der Waals surface area contributed by atoms with Crippen LogP contribution in [0.4, 0.5) is 0 Å². The molecule has 1 aliphatic rings. The van der Waals surface area contributed by atoms with Gasteiger partial charge < -0.3 is 9.84 Å². The van der Waals surface area contributed by atoms with Gasteiger partial charge in [-0.2, -0.15) is 4.98 Å². The van der Waals surface area contributed by atoms with Crippen LogP contribution in [0.25, 0.3) is 11.4 Å². The zero-order valence-corrected chi connectivity index (χ0v) is 16.6. The second kappa shape index (κ2) is 9.30. The zero-order chi connectivity index (χ0) is 19.2. The van der Waals surface area contributed by atoms with Gasteiger partial charge in [0.1, 0.15) is 0 Å². The summed E-state index contributed by atoms with van der Waals surface area (Å²) >= 11 is 5.91. The molecule has 1 aromatic heterocycles. The first kappa shape index (κ1) is 19.8. The monoisotopic (exact) mass is 391 g/mol. The molecule has 2 heterocycles. The molecule has 146 valence electrons. The van der Waals surface area contributed by atoms with Gasteiger partial charge in [-0.25, -0.2) is 0 Å². The third-order valence-electron chi connectivity index (χ3n) is 4.78. The Hall–Kier alpha value is -1.96. The van der Waals surface area contributed by atoms with Crippen LogP contribution in [0.3, 0.4) is 0 Å². The van der Waals surface area contributed by atoms with Gasteiger partial charge in [0.15, 0.2) is 0 Å². The molecule has 3 rings (SSSR count). The van der Waals surface area contributed by atoms with E-state index in [1.165, 1.54) is 0 Å². The van der Waals surface area contributed by atoms with E-state index in [9.17, 15) is 4.79 Å². The SMILES string of the molecule is CCC(C)NC(=O)CN1CCN(Cc2nc(-c3ccc(Cl)cc3)no2)CC1. The number of piperazine rings is 1. The standard InChI is InChI=1S/C19H26ClN5O2/c1-3-14(2)21-17(26)12-24-8-10-25(11-9-24)13-18-22-19(23-27-18)15-4-6-16(20)7-5-15/h4-7,14H,3,8-13H2,1-2H3,(H,21,26). The maximum atomic E-state index is 12.0. The average molecular weight is 392 g/mol. The molecule has 7 nitrogen and oxygen atoms in total. The Bertz CT molecular complexity index is 741. The highest BCUT2D eigenvalue weighted by atomic mass is 35.5. The Balaban J connectivity index is 1.45. The Morgan fingerprint density at radius 3 is 2.56 bits per heavy atom. The van der Waals surface area contributed by atoms with Gasteiger partial charge in [-0.15, -0.1) is 0 Å². The molecule has 0 saturated carbocycles. The summed E-state index contributed by atoms with van der Waals surface area (Å²) in [4.78, 5) is 20.9. The maximum absolute atomic E-state index is 12.0. The summed E-state index contributed by atoms with van der Waals surface area (Å²) in [5, 5.41) is 7.75. The van der Waals surface area contributed by atoms with Crippen LogP contribution in [-0.4, -0.2) is 64.6 Å². The van der Waals surface area contributed by atoms with Crippen LogP contribution < -0.4 is 5.32 Å². The molecule has 1 amide bonds. The van der Waals surface area contributed by atoms with Crippen molar-refractivity contribution in [2.75, 3.05) is 32.7 Å². The third kappa shape index (κ3) is 5.76. The molecule has 1 aliphatic heterocycles. The van der Waals surface area contributed by atoms with Crippen molar-refractivity contribution in [1.29, 1.82) is 0 Å². The van der Waals surface area contributed by atoms with E-state index in [2.05, 4.69) is 32.2 Å². The molecule has 0 aliphatic carbocycles. The molecule has 8 heteroatoms. The number of nitrogens with one attached hydrogen (secondary N) is 1. The van der Waals surface area contributed by atoms with Crippen molar-refractivity contribution in [2.45, 2.75) is 32.9 Å². The molecule has 0 bridgehead atoms. The summed E-state index contributed by atoms with van der Waals surface area (Å²) in [7, 11) is 0. The summed E-state index contributed by atoms with van der Waals surface area (Å²) in [6.45, 7) is 8.62. The molecule has 0 radical (unpaired) electrons. The van der Waals surface area contributed by atoms with Crippen molar-refractivity contribution in [1.82, 2.24) is 25.3 Å². The van der Waals surface area contributed by atoms with Gasteiger partial charge in [0.05, 0.1) is 13.1 Å². The van der Waals surface area contributed by atoms with Gasteiger partial charge in [-0.1, -0.05) is 23.7 Å². The molecular formula is C19H26ClN5O2. The second-order valence-corrected chi connectivity index (χ2v) is 7.38. The predicted molar refractivity (Wildman–Crippen MR) is 104 cm³/mol. The van der Waals surface area contributed by atoms with Crippen molar-refractivity contribution in [3.05, 3.63) is 35.2 Å². The average Bonchev–Trinajstić information content (AvgIpc) is 3.12. The number of hydrogen-bond acceptors (Lipinski definition) is 6. The fourth-order valence-electron chi connectivity index (χ4n) is 2.96. The lowest BCUT2D eigenvalue weighted by Crippen LogP contribution is -2.49. The van der Waals surface area contributed by atoms with Crippen molar-refractivity contribution >= 4 is 17.5 Å².